The number of aromatic nitrogens is 4. The molecule has 19 heavy (non-hydrogen) atoms. The zero-order valence-electron chi connectivity index (χ0n) is 9.89. The van der Waals surface area contributed by atoms with Crippen LogP contribution in [0.15, 0.2) is 43.1 Å². The van der Waals surface area contributed by atoms with Crippen LogP contribution >= 0.6 is 0 Å². The fourth-order valence-corrected chi connectivity index (χ4v) is 1.91. The Morgan fingerprint density at radius 3 is 3.00 bits per heavy atom. The summed E-state index contributed by atoms with van der Waals surface area (Å²) in [4.78, 5) is 23.4. The molecule has 0 atom stereocenters. The zero-order chi connectivity index (χ0) is 13.2. The van der Waals surface area contributed by atoms with E-state index in [1.54, 1.807) is 29.3 Å². The Balaban J connectivity index is 2.15. The Kier molecular flexibility index (Phi) is 2.68. The first kappa shape index (κ1) is 11.3. The smallest absolute Gasteiger partial charge is 0.309 e. The van der Waals surface area contributed by atoms with Crippen molar-refractivity contribution in [2.24, 2.45) is 0 Å². The van der Waals surface area contributed by atoms with Crippen molar-refractivity contribution in [1.29, 1.82) is 0 Å². The Morgan fingerprint density at radius 2 is 2.26 bits per heavy atom. The van der Waals surface area contributed by atoms with Crippen molar-refractivity contribution in [3.63, 3.8) is 0 Å². The normalized spacial score (nSPS) is 10.7. The van der Waals surface area contributed by atoms with Crippen LogP contribution in [0.5, 0.6) is 0 Å². The van der Waals surface area contributed by atoms with Crippen LogP contribution in [0.3, 0.4) is 0 Å². The van der Waals surface area contributed by atoms with Gasteiger partial charge in [0.2, 0.25) is 0 Å². The molecule has 3 rings (SSSR count). The van der Waals surface area contributed by atoms with E-state index in [0.29, 0.717) is 11.3 Å². The van der Waals surface area contributed by atoms with E-state index in [4.69, 9.17) is 5.11 Å². The molecule has 3 heterocycles. The topological polar surface area (TPSA) is 80.4 Å². The summed E-state index contributed by atoms with van der Waals surface area (Å²) in [5.41, 5.74) is 2.69. The van der Waals surface area contributed by atoms with Crippen LogP contribution in [0.1, 0.15) is 5.69 Å². The summed E-state index contributed by atoms with van der Waals surface area (Å²) in [6.45, 7) is 0. The average molecular weight is 254 g/mol. The minimum Gasteiger partial charge on any atom is -0.481 e. The number of aliphatic carboxylic acids is 1. The van der Waals surface area contributed by atoms with Crippen molar-refractivity contribution >= 4 is 11.6 Å². The molecule has 0 fully saturated rings. The van der Waals surface area contributed by atoms with Gasteiger partial charge in [0, 0.05) is 18.6 Å². The standard InChI is InChI=1S/C13H10N4O2/c18-12(19)5-9-7-17-8-14-6-10(13(17)16-9)11-3-1-2-4-15-11/h1-4,6-8H,5H2,(H,18,19). The molecular weight excluding hydrogens is 244 g/mol. The third-order valence-electron chi connectivity index (χ3n) is 2.69. The van der Waals surface area contributed by atoms with Gasteiger partial charge >= 0.3 is 5.97 Å². The summed E-state index contributed by atoms with van der Waals surface area (Å²) in [5.74, 6) is -0.907. The Labute approximate surface area is 108 Å². The number of rotatable bonds is 3. The SMILES string of the molecule is O=C(O)Cc1cn2cncc(-c3ccccn3)c2n1. The van der Waals surface area contributed by atoms with E-state index in [9.17, 15) is 4.79 Å². The molecule has 0 spiro atoms. The first-order valence-electron chi connectivity index (χ1n) is 5.69. The summed E-state index contributed by atoms with van der Waals surface area (Å²) >= 11 is 0. The number of carboxylic acid groups (broad SMARTS) is 1. The van der Waals surface area contributed by atoms with Crippen LogP contribution in [-0.2, 0) is 11.2 Å². The summed E-state index contributed by atoms with van der Waals surface area (Å²) in [6.07, 6.45) is 6.53. The lowest BCUT2D eigenvalue weighted by Crippen LogP contribution is -1.99. The van der Waals surface area contributed by atoms with Crippen molar-refractivity contribution < 1.29 is 9.90 Å². The van der Waals surface area contributed by atoms with Gasteiger partial charge in [0.15, 0.2) is 0 Å². The molecule has 0 amide bonds. The first-order valence-corrected chi connectivity index (χ1v) is 5.69. The second kappa shape index (κ2) is 4.49. The van der Waals surface area contributed by atoms with Gasteiger partial charge in [-0.1, -0.05) is 6.07 Å². The molecule has 3 aromatic rings. The van der Waals surface area contributed by atoms with E-state index < -0.39 is 5.97 Å². The zero-order valence-corrected chi connectivity index (χ0v) is 9.89. The number of hydrogen-bond donors (Lipinski definition) is 1. The van der Waals surface area contributed by atoms with Gasteiger partial charge in [0.1, 0.15) is 12.0 Å². The lowest BCUT2D eigenvalue weighted by atomic mass is 10.2. The number of carbonyl (C=O) groups is 1. The van der Waals surface area contributed by atoms with Crippen LogP contribution in [0.4, 0.5) is 0 Å². The van der Waals surface area contributed by atoms with Gasteiger partial charge in [-0.2, -0.15) is 0 Å². The molecule has 1 N–H and O–H groups in total. The highest BCUT2D eigenvalue weighted by Gasteiger charge is 2.11. The molecule has 94 valence electrons. The summed E-state index contributed by atoms with van der Waals surface area (Å²) in [7, 11) is 0. The van der Waals surface area contributed by atoms with Crippen LogP contribution in [0.25, 0.3) is 16.9 Å². The number of carboxylic acids is 1. The molecule has 3 aromatic heterocycles. The van der Waals surface area contributed by atoms with E-state index >= 15 is 0 Å². The maximum absolute atomic E-state index is 10.7. The van der Waals surface area contributed by atoms with Crippen LogP contribution in [0, 0.1) is 0 Å². The van der Waals surface area contributed by atoms with E-state index in [1.165, 1.54) is 0 Å². The van der Waals surface area contributed by atoms with Crippen molar-refractivity contribution in [2.45, 2.75) is 6.42 Å². The summed E-state index contributed by atoms with van der Waals surface area (Å²) < 4.78 is 1.71. The minimum atomic E-state index is -0.907. The molecule has 0 bridgehead atoms. The molecule has 0 aliphatic carbocycles. The molecule has 0 radical (unpaired) electrons. The molecule has 6 heteroatoms. The average Bonchev–Trinajstić information content (AvgIpc) is 2.80. The molecule has 0 saturated carbocycles. The molecular formula is C13H10N4O2. The quantitative estimate of drug-likeness (QED) is 0.764. The highest BCUT2D eigenvalue weighted by Crippen LogP contribution is 2.20. The van der Waals surface area contributed by atoms with Gasteiger partial charge in [-0.15, -0.1) is 0 Å². The van der Waals surface area contributed by atoms with E-state index in [1.807, 2.05) is 18.2 Å². The van der Waals surface area contributed by atoms with Gasteiger partial charge in [-0.25, -0.2) is 9.97 Å². The van der Waals surface area contributed by atoms with Crippen molar-refractivity contribution in [3.05, 3.63) is 48.8 Å². The fraction of sp³-hybridized carbons (Fsp3) is 0.0769. The summed E-state index contributed by atoms with van der Waals surface area (Å²) in [6, 6.07) is 5.58. The Morgan fingerprint density at radius 1 is 1.37 bits per heavy atom. The monoisotopic (exact) mass is 254 g/mol. The third kappa shape index (κ3) is 2.15. The molecule has 6 nitrogen and oxygen atoms in total. The number of hydrogen-bond acceptors (Lipinski definition) is 4. The van der Waals surface area contributed by atoms with E-state index in [-0.39, 0.29) is 6.42 Å². The Bertz CT molecular complexity index is 737. The predicted octanol–water partition coefficient (Wildman–Crippen LogP) is 1.42. The van der Waals surface area contributed by atoms with Gasteiger partial charge in [0.05, 0.1) is 23.4 Å². The Hall–Kier alpha value is -2.76. The maximum Gasteiger partial charge on any atom is 0.309 e. The minimum absolute atomic E-state index is 0.108. The fourth-order valence-electron chi connectivity index (χ4n) is 1.91. The van der Waals surface area contributed by atoms with Crippen LogP contribution < -0.4 is 0 Å². The van der Waals surface area contributed by atoms with Gasteiger partial charge < -0.3 is 5.11 Å². The van der Waals surface area contributed by atoms with Crippen molar-refractivity contribution in [1.82, 2.24) is 19.4 Å². The molecule has 0 aromatic carbocycles. The number of pyridine rings is 1. The number of nitrogens with zero attached hydrogens (tertiary/aromatic N) is 4. The van der Waals surface area contributed by atoms with Gasteiger partial charge in [-0.3, -0.25) is 14.2 Å². The first-order chi connectivity index (χ1) is 9.24. The molecule has 0 aliphatic heterocycles. The number of imidazole rings is 1. The number of fused-ring (bicyclic) bond motifs is 1. The third-order valence-corrected chi connectivity index (χ3v) is 2.69. The van der Waals surface area contributed by atoms with Crippen LogP contribution in [-0.4, -0.2) is 30.4 Å². The highest BCUT2D eigenvalue weighted by atomic mass is 16.4. The predicted molar refractivity (Wildman–Crippen MR) is 67.6 cm³/mol. The molecule has 0 saturated heterocycles. The summed E-state index contributed by atoms with van der Waals surface area (Å²) in [5, 5.41) is 8.80. The van der Waals surface area contributed by atoms with Gasteiger partial charge in [0.25, 0.3) is 0 Å². The van der Waals surface area contributed by atoms with Crippen molar-refractivity contribution in [2.75, 3.05) is 0 Å². The second-order valence-corrected chi connectivity index (χ2v) is 4.06. The highest BCUT2D eigenvalue weighted by molar-refractivity contribution is 5.75. The molecule has 0 unspecified atom stereocenters. The maximum atomic E-state index is 10.7. The van der Waals surface area contributed by atoms with E-state index in [0.717, 1.165) is 11.3 Å². The molecule has 0 aliphatic rings. The van der Waals surface area contributed by atoms with Gasteiger partial charge in [-0.05, 0) is 12.1 Å². The second-order valence-electron chi connectivity index (χ2n) is 4.06. The largest absolute Gasteiger partial charge is 0.481 e. The van der Waals surface area contributed by atoms with Crippen molar-refractivity contribution in [3.8, 4) is 11.3 Å². The van der Waals surface area contributed by atoms with Crippen LogP contribution in [0.2, 0.25) is 0 Å². The lowest BCUT2D eigenvalue weighted by Gasteiger charge is -2.01. The van der Waals surface area contributed by atoms with E-state index in [2.05, 4.69) is 15.0 Å². The lowest BCUT2D eigenvalue weighted by molar-refractivity contribution is -0.136.